The molecule has 0 aromatic heterocycles. The Balaban J connectivity index is 1.72. The summed E-state index contributed by atoms with van der Waals surface area (Å²) in [6, 6.07) is 9.83. The van der Waals surface area contributed by atoms with Crippen molar-refractivity contribution < 1.29 is 0 Å². The summed E-state index contributed by atoms with van der Waals surface area (Å²) in [7, 11) is 0. The minimum atomic E-state index is 0.801. The molecule has 2 heteroatoms. The van der Waals surface area contributed by atoms with Gasteiger partial charge in [-0.25, -0.2) is 0 Å². The van der Waals surface area contributed by atoms with Crippen LogP contribution in [0.15, 0.2) is 29.2 Å². The highest BCUT2D eigenvalue weighted by atomic mass is 32.2. The van der Waals surface area contributed by atoms with E-state index in [1.165, 1.54) is 35.5 Å². The Bertz CT molecular complexity index is 327. The largest absolute Gasteiger partial charge is 0.310 e. The zero-order valence-electron chi connectivity index (χ0n) is 10.9. The van der Waals surface area contributed by atoms with Gasteiger partial charge in [0.2, 0.25) is 0 Å². The molecule has 0 heterocycles. The Kier molecular flexibility index (Phi) is 4.93. The molecule has 1 aliphatic carbocycles. The van der Waals surface area contributed by atoms with Crippen molar-refractivity contribution in [3.05, 3.63) is 29.8 Å². The highest BCUT2D eigenvalue weighted by molar-refractivity contribution is 7.99. The van der Waals surface area contributed by atoms with E-state index in [9.17, 15) is 0 Å². The molecule has 2 rings (SSSR count). The van der Waals surface area contributed by atoms with Gasteiger partial charge < -0.3 is 5.32 Å². The van der Waals surface area contributed by atoms with Crippen LogP contribution < -0.4 is 5.32 Å². The van der Waals surface area contributed by atoms with Gasteiger partial charge >= 0.3 is 0 Å². The highest BCUT2D eigenvalue weighted by Crippen LogP contribution is 2.22. The first kappa shape index (κ1) is 13.0. The van der Waals surface area contributed by atoms with E-state index in [2.05, 4.69) is 43.4 Å². The van der Waals surface area contributed by atoms with Crippen LogP contribution in [0.1, 0.15) is 38.7 Å². The molecule has 1 fully saturated rings. The SMILES string of the molecule is CC(C)CCSc1ccc(CNC2CC2)cc1. The fourth-order valence-electron chi connectivity index (χ4n) is 1.67. The van der Waals surface area contributed by atoms with Gasteiger partial charge in [0.15, 0.2) is 0 Å². The molecule has 0 spiro atoms. The van der Waals surface area contributed by atoms with Crippen molar-refractivity contribution in [1.29, 1.82) is 0 Å². The molecule has 0 atom stereocenters. The lowest BCUT2D eigenvalue weighted by atomic mass is 10.2. The van der Waals surface area contributed by atoms with Crippen LogP contribution in [0.25, 0.3) is 0 Å². The Morgan fingerprint density at radius 2 is 1.94 bits per heavy atom. The molecule has 0 amide bonds. The molecule has 0 unspecified atom stereocenters. The molecule has 1 aliphatic rings. The van der Waals surface area contributed by atoms with Crippen molar-refractivity contribution in [2.75, 3.05) is 5.75 Å². The summed E-state index contributed by atoms with van der Waals surface area (Å²) < 4.78 is 0. The maximum atomic E-state index is 3.54. The van der Waals surface area contributed by atoms with Crippen molar-refractivity contribution in [2.45, 2.75) is 50.6 Å². The summed E-state index contributed by atoms with van der Waals surface area (Å²) in [4.78, 5) is 1.40. The van der Waals surface area contributed by atoms with Crippen LogP contribution in [0.2, 0.25) is 0 Å². The maximum absolute atomic E-state index is 3.54. The van der Waals surface area contributed by atoms with Gasteiger partial charge in [0.1, 0.15) is 0 Å². The maximum Gasteiger partial charge on any atom is 0.0208 e. The van der Waals surface area contributed by atoms with Crippen molar-refractivity contribution in [1.82, 2.24) is 5.32 Å². The Morgan fingerprint density at radius 1 is 1.24 bits per heavy atom. The van der Waals surface area contributed by atoms with Gasteiger partial charge in [0, 0.05) is 17.5 Å². The van der Waals surface area contributed by atoms with Crippen LogP contribution in [0.4, 0.5) is 0 Å². The lowest BCUT2D eigenvalue weighted by Crippen LogP contribution is -2.14. The van der Waals surface area contributed by atoms with Gasteiger partial charge in [0.05, 0.1) is 0 Å². The Hall–Kier alpha value is -0.470. The van der Waals surface area contributed by atoms with Gasteiger partial charge in [-0.2, -0.15) is 0 Å². The molecule has 1 aromatic carbocycles. The van der Waals surface area contributed by atoms with Crippen molar-refractivity contribution in [3.63, 3.8) is 0 Å². The fourth-order valence-corrected chi connectivity index (χ4v) is 2.82. The van der Waals surface area contributed by atoms with Crippen molar-refractivity contribution >= 4 is 11.8 Å². The summed E-state index contributed by atoms with van der Waals surface area (Å²) in [6.07, 6.45) is 4.03. The zero-order chi connectivity index (χ0) is 12.1. The molecule has 0 radical (unpaired) electrons. The minimum absolute atomic E-state index is 0.801. The summed E-state index contributed by atoms with van der Waals surface area (Å²) >= 11 is 1.97. The first-order valence-electron chi connectivity index (χ1n) is 6.69. The van der Waals surface area contributed by atoms with E-state index in [0.717, 1.165) is 18.5 Å². The van der Waals surface area contributed by atoms with E-state index in [1.807, 2.05) is 11.8 Å². The average molecular weight is 249 g/mol. The van der Waals surface area contributed by atoms with E-state index < -0.39 is 0 Å². The second-order valence-corrected chi connectivity index (χ2v) is 6.50. The molecule has 1 saturated carbocycles. The number of nitrogens with one attached hydrogen (secondary N) is 1. The first-order chi connectivity index (χ1) is 8.24. The third kappa shape index (κ3) is 5.13. The van der Waals surface area contributed by atoms with Gasteiger partial charge in [-0.15, -0.1) is 11.8 Å². The summed E-state index contributed by atoms with van der Waals surface area (Å²) in [5.41, 5.74) is 1.41. The minimum Gasteiger partial charge on any atom is -0.310 e. The predicted molar refractivity (Wildman–Crippen MR) is 76.5 cm³/mol. The highest BCUT2D eigenvalue weighted by Gasteiger charge is 2.19. The Morgan fingerprint density at radius 3 is 2.53 bits per heavy atom. The average Bonchev–Trinajstić information content (AvgIpc) is 3.11. The number of rotatable bonds is 7. The van der Waals surface area contributed by atoms with Crippen LogP contribution in [-0.2, 0) is 6.54 Å². The van der Waals surface area contributed by atoms with Gasteiger partial charge in [-0.05, 0) is 48.6 Å². The molecule has 94 valence electrons. The van der Waals surface area contributed by atoms with Crippen molar-refractivity contribution in [2.24, 2.45) is 5.92 Å². The lowest BCUT2D eigenvalue weighted by Gasteiger charge is -2.06. The molecule has 1 N–H and O–H groups in total. The molecule has 0 saturated heterocycles. The van der Waals surface area contributed by atoms with Crippen LogP contribution >= 0.6 is 11.8 Å². The van der Waals surface area contributed by atoms with Gasteiger partial charge in [-0.1, -0.05) is 26.0 Å². The molecular weight excluding hydrogens is 226 g/mol. The van der Waals surface area contributed by atoms with Gasteiger partial charge in [0.25, 0.3) is 0 Å². The van der Waals surface area contributed by atoms with Crippen LogP contribution in [-0.4, -0.2) is 11.8 Å². The predicted octanol–water partition coefficient (Wildman–Crippen LogP) is 4.08. The zero-order valence-corrected chi connectivity index (χ0v) is 11.7. The van der Waals surface area contributed by atoms with E-state index in [1.54, 1.807) is 0 Å². The number of thioether (sulfide) groups is 1. The standard InChI is InChI=1S/C15H23NS/c1-12(2)9-10-17-15-7-3-13(4-8-15)11-16-14-5-6-14/h3-4,7-8,12,14,16H,5-6,9-11H2,1-2H3. The fraction of sp³-hybridized carbons (Fsp3) is 0.600. The molecule has 0 bridgehead atoms. The van der Waals surface area contributed by atoms with E-state index in [0.29, 0.717) is 0 Å². The third-order valence-electron chi connectivity index (χ3n) is 3.06. The molecular formula is C15H23NS. The van der Waals surface area contributed by atoms with E-state index >= 15 is 0 Å². The smallest absolute Gasteiger partial charge is 0.0208 e. The molecule has 0 aliphatic heterocycles. The summed E-state index contributed by atoms with van der Waals surface area (Å²) in [5, 5.41) is 3.54. The van der Waals surface area contributed by atoms with Gasteiger partial charge in [-0.3, -0.25) is 0 Å². The normalized spacial score (nSPS) is 15.5. The molecule has 1 aromatic rings. The number of benzene rings is 1. The first-order valence-corrected chi connectivity index (χ1v) is 7.67. The summed E-state index contributed by atoms with van der Waals surface area (Å²) in [5.74, 6) is 2.04. The topological polar surface area (TPSA) is 12.0 Å². The number of hydrogen-bond acceptors (Lipinski definition) is 2. The third-order valence-corrected chi connectivity index (χ3v) is 4.10. The number of hydrogen-bond donors (Lipinski definition) is 1. The quantitative estimate of drug-likeness (QED) is 0.731. The summed E-state index contributed by atoms with van der Waals surface area (Å²) in [6.45, 7) is 5.60. The van der Waals surface area contributed by atoms with Crippen LogP contribution in [0, 0.1) is 5.92 Å². The van der Waals surface area contributed by atoms with Crippen LogP contribution in [0.3, 0.4) is 0 Å². The lowest BCUT2D eigenvalue weighted by molar-refractivity contribution is 0.632. The van der Waals surface area contributed by atoms with E-state index in [4.69, 9.17) is 0 Å². The van der Waals surface area contributed by atoms with E-state index in [-0.39, 0.29) is 0 Å². The molecule has 17 heavy (non-hydrogen) atoms. The second-order valence-electron chi connectivity index (χ2n) is 5.33. The molecule has 1 nitrogen and oxygen atoms in total. The second kappa shape index (κ2) is 6.46. The Labute approximate surface area is 109 Å². The van der Waals surface area contributed by atoms with Crippen LogP contribution in [0.5, 0.6) is 0 Å². The van der Waals surface area contributed by atoms with Crippen molar-refractivity contribution in [3.8, 4) is 0 Å². The monoisotopic (exact) mass is 249 g/mol.